The Balaban J connectivity index is 2.12. The first kappa shape index (κ1) is 14.8. The summed E-state index contributed by atoms with van der Waals surface area (Å²) in [5.41, 5.74) is 1.21. The van der Waals surface area contributed by atoms with Crippen LogP contribution in [0.5, 0.6) is 11.5 Å². The van der Waals surface area contributed by atoms with Crippen LogP contribution in [0.3, 0.4) is 0 Å². The van der Waals surface area contributed by atoms with E-state index in [0.717, 1.165) is 5.56 Å². The minimum absolute atomic E-state index is 0.157. The second-order valence-electron chi connectivity index (χ2n) is 4.38. The van der Waals surface area contributed by atoms with E-state index in [2.05, 4.69) is 5.32 Å². The molecule has 0 saturated carbocycles. The number of hydrogen-bond acceptors (Lipinski definition) is 3. The van der Waals surface area contributed by atoms with Gasteiger partial charge < -0.3 is 14.8 Å². The van der Waals surface area contributed by atoms with E-state index >= 15 is 0 Å². The minimum atomic E-state index is -0.422. The average Bonchev–Trinajstić information content (AvgIpc) is 2.49. The van der Waals surface area contributed by atoms with E-state index in [1.165, 1.54) is 25.3 Å². The van der Waals surface area contributed by atoms with E-state index in [-0.39, 0.29) is 18.1 Å². The zero-order valence-electron chi connectivity index (χ0n) is 11.9. The van der Waals surface area contributed by atoms with Crippen molar-refractivity contribution in [2.75, 3.05) is 19.5 Å². The zero-order valence-corrected chi connectivity index (χ0v) is 11.9. The van der Waals surface area contributed by atoms with Gasteiger partial charge in [0.2, 0.25) is 5.91 Å². The van der Waals surface area contributed by atoms with Gasteiger partial charge in [-0.05, 0) is 18.2 Å². The number of halogens is 1. The summed E-state index contributed by atoms with van der Waals surface area (Å²) in [6, 6.07) is 11.2. The van der Waals surface area contributed by atoms with Crippen molar-refractivity contribution in [3.63, 3.8) is 0 Å². The Kier molecular flexibility index (Phi) is 4.77. The Bertz CT molecular complexity index is 643. The minimum Gasteiger partial charge on any atom is -0.496 e. The quantitative estimate of drug-likeness (QED) is 0.920. The molecule has 1 N–H and O–H groups in total. The normalized spacial score (nSPS) is 10.0. The third-order valence-corrected chi connectivity index (χ3v) is 2.98. The summed E-state index contributed by atoms with van der Waals surface area (Å²) in [5.74, 6) is 0.279. The van der Waals surface area contributed by atoms with Crippen molar-refractivity contribution >= 4 is 11.6 Å². The molecule has 110 valence electrons. The lowest BCUT2D eigenvalue weighted by molar-refractivity contribution is -0.115. The molecule has 0 unspecified atom stereocenters. The van der Waals surface area contributed by atoms with Gasteiger partial charge in [0.1, 0.15) is 17.3 Å². The first-order chi connectivity index (χ1) is 10.1. The van der Waals surface area contributed by atoms with Crippen LogP contribution >= 0.6 is 0 Å². The van der Waals surface area contributed by atoms with Gasteiger partial charge in [-0.2, -0.15) is 0 Å². The van der Waals surface area contributed by atoms with E-state index in [1.807, 2.05) is 18.2 Å². The van der Waals surface area contributed by atoms with Crippen LogP contribution in [0.2, 0.25) is 0 Å². The van der Waals surface area contributed by atoms with Gasteiger partial charge in [0.05, 0.1) is 26.3 Å². The number of methoxy groups -OCH3 is 2. The fourth-order valence-corrected chi connectivity index (χ4v) is 1.98. The molecule has 0 bridgehead atoms. The van der Waals surface area contributed by atoms with Crippen LogP contribution in [0.25, 0.3) is 0 Å². The number of benzene rings is 2. The van der Waals surface area contributed by atoms with Crippen LogP contribution in [0, 0.1) is 5.82 Å². The first-order valence-electron chi connectivity index (χ1n) is 6.39. The van der Waals surface area contributed by atoms with Crippen molar-refractivity contribution in [2.24, 2.45) is 0 Å². The Morgan fingerprint density at radius 2 is 1.81 bits per heavy atom. The van der Waals surface area contributed by atoms with Gasteiger partial charge in [-0.25, -0.2) is 4.39 Å². The molecule has 4 nitrogen and oxygen atoms in total. The number of para-hydroxylation sites is 1. The SMILES string of the molecule is COc1ccccc1CC(=O)Nc1ccc(F)cc1OC. The topological polar surface area (TPSA) is 47.6 Å². The van der Waals surface area contributed by atoms with Gasteiger partial charge in [-0.1, -0.05) is 18.2 Å². The maximum absolute atomic E-state index is 13.1. The molecule has 1 amide bonds. The molecule has 0 fully saturated rings. The van der Waals surface area contributed by atoms with Crippen molar-refractivity contribution in [1.82, 2.24) is 0 Å². The number of nitrogens with one attached hydrogen (secondary N) is 1. The van der Waals surface area contributed by atoms with Crippen molar-refractivity contribution in [2.45, 2.75) is 6.42 Å². The number of amides is 1. The fraction of sp³-hybridized carbons (Fsp3) is 0.188. The predicted octanol–water partition coefficient (Wildman–Crippen LogP) is 3.02. The summed E-state index contributed by atoms with van der Waals surface area (Å²) in [7, 11) is 2.98. The standard InChI is InChI=1S/C16H16FNO3/c1-20-14-6-4-3-5-11(14)9-16(19)18-13-8-7-12(17)10-15(13)21-2/h3-8,10H,9H2,1-2H3,(H,18,19). The molecule has 0 saturated heterocycles. The molecule has 0 atom stereocenters. The summed E-state index contributed by atoms with van der Waals surface area (Å²) in [6.45, 7) is 0. The molecule has 0 aliphatic carbocycles. The largest absolute Gasteiger partial charge is 0.496 e. The lowest BCUT2D eigenvalue weighted by atomic mass is 10.1. The highest BCUT2D eigenvalue weighted by Crippen LogP contribution is 2.25. The number of ether oxygens (including phenoxy) is 2. The van der Waals surface area contributed by atoms with Crippen molar-refractivity contribution < 1.29 is 18.7 Å². The number of carbonyl (C=O) groups excluding carboxylic acids is 1. The van der Waals surface area contributed by atoms with Gasteiger partial charge in [-0.3, -0.25) is 4.79 Å². The number of hydrogen-bond donors (Lipinski definition) is 1. The van der Waals surface area contributed by atoms with Crippen LogP contribution < -0.4 is 14.8 Å². The Morgan fingerprint density at radius 1 is 1.10 bits per heavy atom. The van der Waals surface area contributed by atoms with Crippen LogP contribution in [-0.4, -0.2) is 20.1 Å². The Hall–Kier alpha value is -2.56. The number of carbonyl (C=O) groups is 1. The summed E-state index contributed by atoms with van der Waals surface area (Å²) in [5, 5.41) is 2.70. The molecule has 0 spiro atoms. The summed E-state index contributed by atoms with van der Waals surface area (Å²) in [4.78, 5) is 12.1. The summed E-state index contributed by atoms with van der Waals surface area (Å²) < 4.78 is 23.4. The van der Waals surface area contributed by atoms with Gasteiger partial charge in [-0.15, -0.1) is 0 Å². The fourth-order valence-electron chi connectivity index (χ4n) is 1.98. The van der Waals surface area contributed by atoms with Crippen LogP contribution in [0.1, 0.15) is 5.56 Å². The van der Waals surface area contributed by atoms with Gasteiger partial charge >= 0.3 is 0 Å². The highest BCUT2D eigenvalue weighted by atomic mass is 19.1. The predicted molar refractivity (Wildman–Crippen MR) is 78.3 cm³/mol. The third kappa shape index (κ3) is 3.72. The maximum atomic E-state index is 13.1. The molecule has 0 radical (unpaired) electrons. The van der Waals surface area contributed by atoms with E-state index < -0.39 is 5.82 Å². The van der Waals surface area contributed by atoms with E-state index in [9.17, 15) is 9.18 Å². The molecule has 0 aliphatic heterocycles. The summed E-state index contributed by atoms with van der Waals surface area (Å²) in [6.07, 6.45) is 0.157. The lowest BCUT2D eigenvalue weighted by Crippen LogP contribution is -2.15. The van der Waals surface area contributed by atoms with Crippen LogP contribution in [0.15, 0.2) is 42.5 Å². The lowest BCUT2D eigenvalue weighted by Gasteiger charge is -2.11. The van der Waals surface area contributed by atoms with Gasteiger partial charge in [0, 0.05) is 11.6 Å². The van der Waals surface area contributed by atoms with Crippen LogP contribution in [-0.2, 0) is 11.2 Å². The van der Waals surface area contributed by atoms with Crippen molar-refractivity contribution in [1.29, 1.82) is 0 Å². The second-order valence-corrected chi connectivity index (χ2v) is 4.38. The average molecular weight is 289 g/mol. The smallest absolute Gasteiger partial charge is 0.229 e. The molecule has 2 rings (SSSR count). The highest BCUT2D eigenvalue weighted by molar-refractivity contribution is 5.94. The van der Waals surface area contributed by atoms with Crippen molar-refractivity contribution in [3.8, 4) is 11.5 Å². The summed E-state index contributed by atoms with van der Waals surface area (Å²) >= 11 is 0. The van der Waals surface area contributed by atoms with Crippen LogP contribution in [0.4, 0.5) is 10.1 Å². The van der Waals surface area contributed by atoms with Crippen molar-refractivity contribution in [3.05, 3.63) is 53.8 Å². The van der Waals surface area contributed by atoms with E-state index in [1.54, 1.807) is 13.2 Å². The molecule has 0 aliphatic rings. The maximum Gasteiger partial charge on any atom is 0.229 e. The van der Waals surface area contributed by atoms with E-state index in [0.29, 0.717) is 11.4 Å². The van der Waals surface area contributed by atoms with Gasteiger partial charge in [0.15, 0.2) is 0 Å². The van der Waals surface area contributed by atoms with E-state index in [4.69, 9.17) is 9.47 Å². The zero-order chi connectivity index (χ0) is 15.2. The number of anilines is 1. The van der Waals surface area contributed by atoms with Gasteiger partial charge in [0.25, 0.3) is 0 Å². The molecule has 2 aromatic rings. The molecule has 2 aromatic carbocycles. The first-order valence-corrected chi connectivity index (χ1v) is 6.39. The monoisotopic (exact) mass is 289 g/mol. The molecule has 0 heterocycles. The third-order valence-electron chi connectivity index (χ3n) is 2.98. The molecular weight excluding hydrogens is 273 g/mol. The molecule has 5 heteroatoms. The molecular formula is C16H16FNO3. The second kappa shape index (κ2) is 6.74. The molecule has 21 heavy (non-hydrogen) atoms. The number of rotatable bonds is 5. The highest BCUT2D eigenvalue weighted by Gasteiger charge is 2.11. The Labute approximate surface area is 122 Å². The molecule has 0 aromatic heterocycles. The Morgan fingerprint density at radius 3 is 2.52 bits per heavy atom.